The van der Waals surface area contributed by atoms with Gasteiger partial charge in [0.05, 0.1) is 23.4 Å². The number of carbonyl (C=O) groups is 1. The van der Waals surface area contributed by atoms with Crippen LogP contribution in [0.3, 0.4) is 0 Å². The first-order valence-corrected chi connectivity index (χ1v) is 11.3. The summed E-state index contributed by atoms with van der Waals surface area (Å²) in [7, 11) is 3.31. The molecule has 4 rings (SSSR count). The Morgan fingerprint density at radius 2 is 1.83 bits per heavy atom. The van der Waals surface area contributed by atoms with Gasteiger partial charge in [0.25, 0.3) is 5.91 Å². The maximum absolute atomic E-state index is 12.3. The van der Waals surface area contributed by atoms with E-state index in [-0.39, 0.29) is 12.5 Å². The van der Waals surface area contributed by atoms with Crippen molar-refractivity contribution in [2.24, 2.45) is 7.05 Å². The Morgan fingerprint density at radius 1 is 1.08 bits per heavy atom. The lowest BCUT2D eigenvalue weighted by Gasteiger charge is -2.12. The van der Waals surface area contributed by atoms with Gasteiger partial charge < -0.3 is 19.4 Å². The summed E-state index contributed by atoms with van der Waals surface area (Å²) >= 11 is 6.08. The standard InChI is InChI=1S/C27H22ClN5O3/c1-33-26(19-8-4-3-5-9-19)31-32-27(33)20(16-29)14-18-12-13-23(24(15-18)35-2)36-17-25(34)30-22-11-7-6-10-21(22)28/h3-15H,17H2,1-2H3,(H,30,34)/b20-14-. The minimum absolute atomic E-state index is 0.235. The lowest BCUT2D eigenvalue weighted by Crippen LogP contribution is -2.20. The van der Waals surface area contributed by atoms with Gasteiger partial charge in [0.1, 0.15) is 6.07 Å². The minimum atomic E-state index is -0.364. The number of para-hydroxylation sites is 1. The maximum Gasteiger partial charge on any atom is 0.262 e. The van der Waals surface area contributed by atoms with Crippen LogP contribution in [0.5, 0.6) is 11.5 Å². The summed E-state index contributed by atoms with van der Waals surface area (Å²) in [6.45, 7) is -0.235. The van der Waals surface area contributed by atoms with Crippen molar-refractivity contribution in [3.8, 4) is 29.0 Å². The Labute approximate surface area is 213 Å². The molecule has 8 nitrogen and oxygen atoms in total. The van der Waals surface area contributed by atoms with Crippen LogP contribution < -0.4 is 14.8 Å². The smallest absolute Gasteiger partial charge is 0.262 e. The van der Waals surface area contributed by atoms with Crippen LogP contribution in [0.15, 0.2) is 72.8 Å². The summed E-state index contributed by atoms with van der Waals surface area (Å²) in [5.74, 6) is 1.52. The van der Waals surface area contributed by atoms with Gasteiger partial charge in [-0.25, -0.2) is 0 Å². The molecular formula is C27H22ClN5O3. The average molecular weight is 500 g/mol. The fourth-order valence-electron chi connectivity index (χ4n) is 3.50. The average Bonchev–Trinajstić information content (AvgIpc) is 3.29. The SMILES string of the molecule is COc1cc(/C=C(/C#N)c2nnc(-c3ccccc3)n2C)ccc1OCC(=O)Nc1ccccc1Cl. The quantitative estimate of drug-likeness (QED) is 0.333. The normalized spacial score (nSPS) is 11.0. The van der Waals surface area contributed by atoms with E-state index in [0.717, 1.165) is 5.56 Å². The number of carbonyl (C=O) groups excluding carboxylic acids is 1. The van der Waals surface area contributed by atoms with Crippen LogP contribution in [0.2, 0.25) is 5.02 Å². The number of anilines is 1. The second-order valence-corrected chi connectivity index (χ2v) is 8.08. The summed E-state index contributed by atoms with van der Waals surface area (Å²) in [4.78, 5) is 12.3. The number of ether oxygens (including phenoxy) is 2. The number of allylic oxidation sites excluding steroid dienone is 1. The number of methoxy groups -OCH3 is 1. The van der Waals surface area contributed by atoms with Crippen molar-refractivity contribution in [3.05, 3.63) is 89.2 Å². The fraction of sp³-hybridized carbons (Fsp3) is 0.111. The molecule has 0 aliphatic carbocycles. The molecule has 0 atom stereocenters. The molecule has 3 aromatic carbocycles. The van der Waals surface area contributed by atoms with Crippen molar-refractivity contribution in [2.45, 2.75) is 0 Å². The minimum Gasteiger partial charge on any atom is -0.493 e. The molecule has 1 N–H and O–H groups in total. The molecule has 1 aromatic heterocycles. The Hall–Kier alpha value is -4.61. The van der Waals surface area contributed by atoms with Gasteiger partial charge in [0.15, 0.2) is 29.8 Å². The number of hydrogen-bond donors (Lipinski definition) is 1. The predicted molar refractivity (Wildman–Crippen MR) is 138 cm³/mol. The third kappa shape index (κ3) is 5.54. The van der Waals surface area contributed by atoms with Crippen molar-refractivity contribution in [1.82, 2.24) is 14.8 Å². The van der Waals surface area contributed by atoms with Gasteiger partial charge in [-0.2, -0.15) is 5.26 Å². The van der Waals surface area contributed by atoms with Gasteiger partial charge in [0.2, 0.25) is 0 Å². The highest BCUT2D eigenvalue weighted by Crippen LogP contribution is 2.30. The Bertz CT molecular complexity index is 1460. The lowest BCUT2D eigenvalue weighted by atomic mass is 10.1. The molecule has 0 aliphatic heterocycles. The number of nitrogens with one attached hydrogen (secondary N) is 1. The highest BCUT2D eigenvalue weighted by atomic mass is 35.5. The molecule has 4 aromatic rings. The van der Waals surface area contributed by atoms with E-state index < -0.39 is 0 Å². The number of rotatable bonds is 8. The second-order valence-electron chi connectivity index (χ2n) is 7.67. The van der Waals surface area contributed by atoms with Crippen LogP contribution in [0, 0.1) is 11.3 Å². The van der Waals surface area contributed by atoms with Crippen molar-refractivity contribution in [1.29, 1.82) is 5.26 Å². The van der Waals surface area contributed by atoms with Gasteiger partial charge in [-0.3, -0.25) is 4.79 Å². The highest BCUT2D eigenvalue weighted by molar-refractivity contribution is 6.33. The van der Waals surface area contributed by atoms with E-state index in [9.17, 15) is 10.1 Å². The van der Waals surface area contributed by atoms with E-state index in [2.05, 4.69) is 21.6 Å². The third-order valence-corrected chi connectivity index (χ3v) is 5.60. The zero-order valence-corrected chi connectivity index (χ0v) is 20.4. The monoisotopic (exact) mass is 499 g/mol. The van der Waals surface area contributed by atoms with Crippen LogP contribution in [-0.4, -0.2) is 34.4 Å². The topological polar surface area (TPSA) is 102 Å². The molecule has 0 radical (unpaired) electrons. The van der Waals surface area contributed by atoms with Crippen molar-refractivity contribution < 1.29 is 14.3 Å². The lowest BCUT2D eigenvalue weighted by molar-refractivity contribution is -0.118. The van der Waals surface area contributed by atoms with E-state index >= 15 is 0 Å². The number of nitriles is 1. The Kier molecular flexibility index (Phi) is 7.63. The Morgan fingerprint density at radius 3 is 2.56 bits per heavy atom. The zero-order valence-electron chi connectivity index (χ0n) is 19.6. The second kappa shape index (κ2) is 11.2. The van der Waals surface area contributed by atoms with E-state index in [1.807, 2.05) is 37.4 Å². The van der Waals surface area contributed by atoms with Crippen LogP contribution in [0.1, 0.15) is 11.4 Å². The van der Waals surface area contributed by atoms with E-state index in [4.69, 9.17) is 21.1 Å². The molecule has 0 aliphatic rings. The number of hydrogen-bond acceptors (Lipinski definition) is 6. The molecule has 1 amide bonds. The van der Waals surface area contributed by atoms with Gasteiger partial charge in [0, 0.05) is 12.6 Å². The van der Waals surface area contributed by atoms with Crippen LogP contribution in [-0.2, 0) is 11.8 Å². The number of benzene rings is 3. The van der Waals surface area contributed by atoms with E-state index in [1.54, 1.807) is 53.1 Å². The van der Waals surface area contributed by atoms with Gasteiger partial charge in [-0.05, 0) is 35.9 Å². The molecule has 36 heavy (non-hydrogen) atoms. The van der Waals surface area contributed by atoms with Crippen molar-refractivity contribution in [2.75, 3.05) is 19.0 Å². The van der Waals surface area contributed by atoms with Gasteiger partial charge in [-0.15, -0.1) is 10.2 Å². The summed E-state index contributed by atoms with van der Waals surface area (Å²) in [6.07, 6.45) is 1.69. The summed E-state index contributed by atoms with van der Waals surface area (Å²) in [5, 5.41) is 21.4. The summed E-state index contributed by atoms with van der Waals surface area (Å²) in [6, 6.07) is 23.9. The zero-order chi connectivity index (χ0) is 25.5. The number of nitrogens with zero attached hydrogens (tertiary/aromatic N) is 4. The number of halogens is 1. The Balaban J connectivity index is 1.51. The van der Waals surface area contributed by atoms with Gasteiger partial charge in [-0.1, -0.05) is 60.1 Å². The van der Waals surface area contributed by atoms with Gasteiger partial charge >= 0.3 is 0 Å². The summed E-state index contributed by atoms with van der Waals surface area (Å²) in [5.41, 5.74) is 2.43. The number of amides is 1. The van der Waals surface area contributed by atoms with Crippen molar-refractivity contribution >= 4 is 34.8 Å². The maximum atomic E-state index is 12.3. The molecular weight excluding hydrogens is 478 g/mol. The first-order chi connectivity index (χ1) is 17.5. The fourth-order valence-corrected chi connectivity index (χ4v) is 3.68. The van der Waals surface area contributed by atoms with Crippen LogP contribution in [0.25, 0.3) is 23.0 Å². The molecule has 180 valence electrons. The molecule has 9 heteroatoms. The molecule has 0 unspecified atom stereocenters. The number of aromatic nitrogens is 3. The van der Waals surface area contributed by atoms with E-state index in [1.165, 1.54) is 7.11 Å². The molecule has 1 heterocycles. The summed E-state index contributed by atoms with van der Waals surface area (Å²) < 4.78 is 12.9. The largest absolute Gasteiger partial charge is 0.493 e. The first-order valence-electron chi connectivity index (χ1n) is 10.9. The molecule has 0 saturated carbocycles. The third-order valence-electron chi connectivity index (χ3n) is 5.27. The van der Waals surface area contributed by atoms with Crippen molar-refractivity contribution in [3.63, 3.8) is 0 Å². The molecule has 0 bridgehead atoms. The molecule has 0 fully saturated rings. The van der Waals surface area contributed by atoms with Crippen LogP contribution in [0.4, 0.5) is 5.69 Å². The molecule has 0 saturated heterocycles. The first kappa shape index (κ1) is 24.5. The van der Waals surface area contributed by atoms with E-state index in [0.29, 0.717) is 45.0 Å². The molecule has 0 spiro atoms. The predicted octanol–water partition coefficient (Wildman–Crippen LogP) is 5.23. The van der Waals surface area contributed by atoms with Crippen LogP contribution >= 0.6 is 11.6 Å². The highest BCUT2D eigenvalue weighted by Gasteiger charge is 2.15.